The first-order chi connectivity index (χ1) is 11.6. The zero-order chi connectivity index (χ0) is 16.9. The number of amidine groups is 1. The minimum Gasteiger partial charge on any atom is -0.484 e. The van der Waals surface area contributed by atoms with Crippen molar-refractivity contribution in [2.45, 2.75) is 0 Å². The van der Waals surface area contributed by atoms with Gasteiger partial charge in [0, 0.05) is 13.1 Å². The summed E-state index contributed by atoms with van der Waals surface area (Å²) in [5, 5.41) is 0.257. The fourth-order valence-corrected chi connectivity index (χ4v) is 2.97. The Kier molecular flexibility index (Phi) is 5.17. The largest absolute Gasteiger partial charge is 0.484 e. The molecule has 1 saturated heterocycles. The molecule has 0 saturated carbocycles. The van der Waals surface area contributed by atoms with Gasteiger partial charge in [-0.3, -0.25) is 9.59 Å². The second-order valence-corrected chi connectivity index (χ2v) is 6.28. The summed E-state index contributed by atoms with van der Waals surface area (Å²) in [5.41, 5.74) is 6.35. The summed E-state index contributed by atoms with van der Waals surface area (Å²) < 4.78 is 10.7. The molecule has 3 rings (SSSR count). The zero-order valence-corrected chi connectivity index (χ0v) is 13.8. The summed E-state index contributed by atoms with van der Waals surface area (Å²) in [6.07, 6.45) is 1.72. The maximum atomic E-state index is 12.0. The Bertz CT molecular complexity index is 694. The first-order valence-electron chi connectivity index (χ1n) is 7.48. The van der Waals surface area contributed by atoms with Crippen molar-refractivity contribution in [2.75, 3.05) is 32.9 Å². The summed E-state index contributed by atoms with van der Waals surface area (Å²) in [7, 11) is 0. The normalized spacial score (nSPS) is 19.5. The number of hydrogen-bond donors (Lipinski definition) is 1. The fraction of sp³-hybridized carbons (Fsp3) is 0.312. The molecule has 8 heteroatoms. The standard InChI is InChI=1S/C16H17N3O4S/c17-16-18-15(21)13(24-16)9-11-1-3-12(4-2-11)23-10-14(20)19-5-7-22-8-6-19/h1-4,9H,5-8,10H2,(H2,17,18,21)/b13-9-. The molecule has 2 N–H and O–H groups in total. The highest BCUT2D eigenvalue weighted by atomic mass is 32.2. The number of rotatable bonds is 4. The highest BCUT2D eigenvalue weighted by molar-refractivity contribution is 8.18. The quantitative estimate of drug-likeness (QED) is 0.812. The van der Waals surface area contributed by atoms with Crippen molar-refractivity contribution >= 4 is 34.8 Å². The van der Waals surface area contributed by atoms with E-state index in [0.29, 0.717) is 37.0 Å². The highest BCUT2D eigenvalue weighted by Gasteiger charge is 2.19. The first kappa shape index (κ1) is 16.5. The molecule has 0 bridgehead atoms. The number of ether oxygens (including phenoxy) is 2. The van der Waals surface area contributed by atoms with E-state index >= 15 is 0 Å². The maximum Gasteiger partial charge on any atom is 0.286 e. The summed E-state index contributed by atoms with van der Waals surface area (Å²) in [5.74, 6) is 0.221. The summed E-state index contributed by atoms with van der Waals surface area (Å²) in [6, 6.07) is 7.13. The number of nitrogens with zero attached hydrogens (tertiary/aromatic N) is 2. The van der Waals surface area contributed by atoms with Crippen LogP contribution in [0.4, 0.5) is 0 Å². The van der Waals surface area contributed by atoms with Crippen molar-refractivity contribution in [3.63, 3.8) is 0 Å². The summed E-state index contributed by atoms with van der Waals surface area (Å²) in [6.45, 7) is 2.34. The maximum absolute atomic E-state index is 12.0. The molecule has 2 aliphatic rings. The van der Waals surface area contributed by atoms with Crippen LogP contribution in [0.3, 0.4) is 0 Å². The molecule has 0 aliphatic carbocycles. The van der Waals surface area contributed by atoms with Crippen molar-refractivity contribution < 1.29 is 19.1 Å². The van der Waals surface area contributed by atoms with E-state index in [9.17, 15) is 9.59 Å². The molecule has 24 heavy (non-hydrogen) atoms. The van der Waals surface area contributed by atoms with E-state index in [0.717, 1.165) is 17.3 Å². The zero-order valence-electron chi connectivity index (χ0n) is 12.9. The SMILES string of the molecule is NC1=NC(=O)/C(=C/c2ccc(OCC(=O)N3CCOCC3)cc2)S1. The molecule has 7 nitrogen and oxygen atoms in total. The third-order valence-corrected chi connectivity index (χ3v) is 4.35. The number of carbonyl (C=O) groups is 2. The van der Waals surface area contributed by atoms with Crippen LogP contribution in [0.2, 0.25) is 0 Å². The topological polar surface area (TPSA) is 94.2 Å². The molecule has 1 aromatic rings. The fourth-order valence-electron chi connectivity index (χ4n) is 2.29. The molecule has 0 radical (unpaired) electrons. The van der Waals surface area contributed by atoms with Gasteiger partial charge in [0.05, 0.1) is 18.1 Å². The van der Waals surface area contributed by atoms with Gasteiger partial charge in [-0.15, -0.1) is 0 Å². The monoisotopic (exact) mass is 347 g/mol. The second kappa shape index (κ2) is 7.50. The molecular weight excluding hydrogens is 330 g/mol. The lowest BCUT2D eigenvalue weighted by Crippen LogP contribution is -2.42. The number of aliphatic imine (C=N–C) groups is 1. The minimum atomic E-state index is -0.325. The molecule has 2 aliphatic heterocycles. The molecule has 2 heterocycles. The second-order valence-electron chi connectivity index (χ2n) is 5.22. The Hall–Kier alpha value is -2.32. The van der Waals surface area contributed by atoms with Gasteiger partial charge in [-0.1, -0.05) is 12.1 Å². The van der Waals surface area contributed by atoms with Crippen molar-refractivity contribution in [3.05, 3.63) is 34.7 Å². The van der Waals surface area contributed by atoms with Crippen molar-refractivity contribution in [1.29, 1.82) is 0 Å². The highest BCUT2D eigenvalue weighted by Crippen LogP contribution is 2.26. The molecule has 0 atom stereocenters. The Morgan fingerprint density at radius 1 is 1.33 bits per heavy atom. The van der Waals surface area contributed by atoms with Crippen LogP contribution in [0, 0.1) is 0 Å². The van der Waals surface area contributed by atoms with E-state index < -0.39 is 0 Å². The van der Waals surface area contributed by atoms with Gasteiger partial charge >= 0.3 is 0 Å². The van der Waals surface area contributed by atoms with Crippen LogP contribution < -0.4 is 10.5 Å². The lowest BCUT2D eigenvalue weighted by atomic mass is 10.2. The molecule has 2 amide bonds. The average Bonchev–Trinajstić information content (AvgIpc) is 2.92. The summed E-state index contributed by atoms with van der Waals surface area (Å²) in [4.78, 5) is 29.4. The van der Waals surface area contributed by atoms with Crippen LogP contribution in [0.1, 0.15) is 5.56 Å². The molecular formula is C16H17N3O4S. The first-order valence-corrected chi connectivity index (χ1v) is 8.30. The van der Waals surface area contributed by atoms with E-state index in [1.165, 1.54) is 0 Å². The Morgan fingerprint density at radius 3 is 2.67 bits per heavy atom. The number of carbonyl (C=O) groups excluding carboxylic acids is 2. The molecule has 1 fully saturated rings. The Balaban J connectivity index is 1.54. The van der Waals surface area contributed by atoms with E-state index in [1.807, 2.05) is 12.1 Å². The van der Waals surface area contributed by atoms with Crippen LogP contribution >= 0.6 is 11.8 Å². The van der Waals surface area contributed by atoms with Gasteiger partial charge in [0.25, 0.3) is 11.8 Å². The Morgan fingerprint density at radius 2 is 2.04 bits per heavy atom. The van der Waals surface area contributed by atoms with Crippen LogP contribution in [0.25, 0.3) is 6.08 Å². The van der Waals surface area contributed by atoms with E-state index in [2.05, 4.69) is 4.99 Å². The van der Waals surface area contributed by atoms with Gasteiger partial charge in [0.15, 0.2) is 11.8 Å². The van der Waals surface area contributed by atoms with Gasteiger partial charge in [-0.25, -0.2) is 0 Å². The van der Waals surface area contributed by atoms with Gasteiger partial charge in [0.1, 0.15) is 5.75 Å². The number of benzene rings is 1. The smallest absolute Gasteiger partial charge is 0.286 e. The van der Waals surface area contributed by atoms with E-state index in [4.69, 9.17) is 15.2 Å². The third kappa shape index (κ3) is 4.15. The van der Waals surface area contributed by atoms with Crippen molar-refractivity contribution in [3.8, 4) is 5.75 Å². The number of nitrogens with two attached hydrogens (primary N) is 1. The molecule has 1 aromatic carbocycles. The third-order valence-electron chi connectivity index (χ3n) is 3.54. The van der Waals surface area contributed by atoms with E-state index in [1.54, 1.807) is 23.1 Å². The average molecular weight is 347 g/mol. The number of hydrogen-bond acceptors (Lipinski definition) is 6. The molecule has 0 spiro atoms. The number of amides is 2. The molecule has 0 unspecified atom stereocenters. The van der Waals surface area contributed by atoms with Crippen LogP contribution in [-0.4, -0.2) is 54.8 Å². The van der Waals surface area contributed by atoms with Crippen LogP contribution in [-0.2, 0) is 14.3 Å². The molecule has 126 valence electrons. The lowest BCUT2D eigenvalue weighted by molar-refractivity contribution is -0.137. The Labute approximate surface area is 143 Å². The van der Waals surface area contributed by atoms with Crippen molar-refractivity contribution in [2.24, 2.45) is 10.7 Å². The molecule has 0 aromatic heterocycles. The van der Waals surface area contributed by atoms with Gasteiger partial charge in [-0.05, 0) is 35.5 Å². The van der Waals surface area contributed by atoms with Gasteiger partial charge in [0.2, 0.25) is 0 Å². The predicted octanol–water partition coefficient (Wildman–Crippen LogP) is 0.853. The number of thioether (sulfide) groups is 1. The van der Waals surface area contributed by atoms with Gasteiger partial charge < -0.3 is 20.1 Å². The van der Waals surface area contributed by atoms with Crippen LogP contribution in [0.15, 0.2) is 34.2 Å². The van der Waals surface area contributed by atoms with Crippen molar-refractivity contribution in [1.82, 2.24) is 4.90 Å². The summed E-state index contributed by atoms with van der Waals surface area (Å²) >= 11 is 1.15. The van der Waals surface area contributed by atoms with E-state index in [-0.39, 0.29) is 23.6 Å². The van der Waals surface area contributed by atoms with Crippen LogP contribution in [0.5, 0.6) is 5.75 Å². The predicted molar refractivity (Wildman–Crippen MR) is 91.5 cm³/mol. The number of morpholine rings is 1. The minimum absolute atomic E-state index is 0.000846. The van der Waals surface area contributed by atoms with Gasteiger partial charge in [-0.2, -0.15) is 4.99 Å². The lowest BCUT2D eigenvalue weighted by Gasteiger charge is -2.26.